The number of aromatic nitrogens is 2. The summed E-state index contributed by atoms with van der Waals surface area (Å²) < 4.78 is 12.2. The molecule has 0 aliphatic carbocycles. The van der Waals surface area contributed by atoms with Crippen molar-refractivity contribution in [3.05, 3.63) is 46.7 Å². The maximum absolute atomic E-state index is 12.2. The standard InChI is InChI=1S/C17H17N3O4S/c1-10-8-20-6-4-5-13(15(20)18-10)24-9-14(21)19-16-12(17(22)23-3)7-11(2)25-16/h4-8H,9H2,1-3H3,(H,19,21). The van der Waals surface area contributed by atoms with E-state index in [4.69, 9.17) is 9.47 Å². The highest BCUT2D eigenvalue weighted by atomic mass is 32.1. The molecule has 0 spiro atoms. The van der Waals surface area contributed by atoms with Gasteiger partial charge in [-0.3, -0.25) is 4.79 Å². The van der Waals surface area contributed by atoms with E-state index in [1.807, 2.05) is 36.7 Å². The number of esters is 1. The van der Waals surface area contributed by atoms with Crippen molar-refractivity contribution < 1.29 is 19.1 Å². The van der Waals surface area contributed by atoms with Crippen molar-refractivity contribution in [1.82, 2.24) is 9.38 Å². The van der Waals surface area contributed by atoms with Gasteiger partial charge in [-0.15, -0.1) is 11.3 Å². The smallest absolute Gasteiger partial charge is 0.340 e. The minimum absolute atomic E-state index is 0.191. The third-order valence-corrected chi connectivity index (χ3v) is 4.41. The fourth-order valence-electron chi connectivity index (χ4n) is 2.40. The minimum atomic E-state index is -0.488. The van der Waals surface area contributed by atoms with Crippen LogP contribution in [0.25, 0.3) is 5.65 Å². The molecule has 3 heterocycles. The second-order valence-electron chi connectivity index (χ2n) is 5.41. The number of hydrogen-bond donors (Lipinski definition) is 1. The Kier molecular flexibility index (Phi) is 4.71. The third kappa shape index (κ3) is 3.63. The number of imidazole rings is 1. The molecule has 0 radical (unpaired) electrons. The molecule has 8 heteroatoms. The topological polar surface area (TPSA) is 81.9 Å². The first kappa shape index (κ1) is 17.0. The SMILES string of the molecule is COC(=O)c1cc(C)sc1NC(=O)COc1cccn2cc(C)nc12. The maximum atomic E-state index is 12.2. The first-order valence-electron chi connectivity index (χ1n) is 7.53. The minimum Gasteiger partial charge on any atom is -0.480 e. The molecule has 1 amide bonds. The molecule has 0 saturated heterocycles. The highest BCUT2D eigenvalue weighted by molar-refractivity contribution is 7.16. The highest BCUT2D eigenvalue weighted by Gasteiger charge is 2.17. The van der Waals surface area contributed by atoms with Gasteiger partial charge in [-0.2, -0.15) is 0 Å². The van der Waals surface area contributed by atoms with Crippen LogP contribution >= 0.6 is 11.3 Å². The second kappa shape index (κ2) is 6.94. The fourth-order valence-corrected chi connectivity index (χ4v) is 3.31. The number of carbonyl (C=O) groups is 2. The van der Waals surface area contributed by atoms with Crippen LogP contribution in [0.3, 0.4) is 0 Å². The molecule has 3 aromatic rings. The zero-order valence-corrected chi connectivity index (χ0v) is 14.8. The molecule has 1 N–H and O–H groups in total. The van der Waals surface area contributed by atoms with Gasteiger partial charge in [-0.05, 0) is 32.0 Å². The zero-order chi connectivity index (χ0) is 18.0. The van der Waals surface area contributed by atoms with E-state index in [2.05, 4.69) is 10.3 Å². The predicted molar refractivity (Wildman–Crippen MR) is 94.4 cm³/mol. The number of rotatable bonds is 5. The Morgan fingerprint density at radius 1 is 1.36 bits per heavy atom. The van der Waals surface area contributed by atoms with E-state index < -0.39 is 5.97 Å². The predicted octanol–water partition coefficient (Wildman–Crippen LogP) is 2.82. The lowest BCUT2D eigenvalue weighted by Crippen LogP contribution is -2.21. The molecule has 130 valence electrons. The summed E-state index contributed by atoms with van der Waals surface area (Å²) in [5.74, 6) is -0.336. The fraction of sp³-hybridized carbons (Fsp3) is 0.235. The van der Waals surface area contributed by atoms with Gasteiger partial charge in [-0.25, -0.2) is 9.78 Å². The van der Waals surface area contributed by atoms with Crippen molar-refractivity contribution in [2.24, 2.45) is 0 Å². The number of methoxy groups -OCH3 is 1. The van der Waals surface area contributed by atoms with E-state index in [9.17, 15) is 9.59 Å². The lowest BCUT2D eigenvalue weighted by molar-refractivity contribution is -0.118. The van der Waals surface area contributed by atoms with E-state index in [-0.39, 0.29) is 12.5 Å². The van der Waals surface area contributed by atoms with Gasteiger partial charge in [-0.1, -0.05) is 0 Å². The summed E-state index contributed by atoms with van der Waals surface area (Å²) in [5.41, 5.74) is 1.84. The molecule has 25 heavy (non-hydrogen) atoms. The van der Waals surface area contributed by atoms with Crippen molar-refractivity contribution in [1.29, 1.82) is 0 Å². The Morgan fingerprint density at radius 3 is 2.92 bits per heavy atom. The average molecular weight is 359 g/mol. The first-order chi connectivity index (χ1) is 12.0. The van der Waals surface area contributed by atoms with Gasteiger partial charge in [0, 0.05) is 17.3 Å². The molecular formula is C17H17N3O4S. The molecule has 3 aromatic heterocycles. The van der Waals surface area contributed by atoms with Crippen molar-refractivity contribution >= 4 is 33.9 Å². The molecule has 0 saturated carbocycles. The third-order valence-electron chi connectivity index (χ3n) is 3.44. The summed E-state index contributed by atoms with van der Waals surface area (Å²) >= 11 is 1.31. The Bertz CT molecular complexity index is 945. The van der Waals surface area contributed by atoms with Gasteiger partial charge < -0.3 is 19.2 Å². The van der Waals surface area contributed by atoms with Crippen molar-refractivity contribution in [3.63, 3.8) is 0 Å². The van der Waals surface area contributed by atoms with Crippen LogP contribution in [0, 0.1) is 13.8 Å². The zero-order valence-electron chi connectivity index (χ0n) is 14.0. The van der Waals surface area contributed by atoms with Crippen LogP contribution in [0.5, 0.6) is 5.75 Å². The summed E-state index contributed by atoms with van der Waals surface area (Å²) in [6, 6.07) is 5.25. The molecule has 0 fully saturated rings. The summed E-state index contributed by atoms with van der Waals surface area (Å²) in [6.07, 6.45) is 3.73. The Labute approximate surface area is 148 Å². The van der Waals surface area contributed by atoms with Crippen molar-refractivity contribution in [3.8, 4) is 5.75 Å². The number of aryl methyl sites for hydroxylation is 2. The number of nitrogens with zero attached hydrogens (tertiary/aromatic N) is 2. The number of fused-ring (bicyclic) bond motifs is 1. The molecule has 0 bridgehead atoms. The monoisotopic (exact) mass is 359 g/mol. The van der Waals surface area contributed by atoms with Crippen LogP contribution in [0.1, 0.15) is 20.9 Å². The molecule has 0 aliphatic rings. The Hall–Kier alpha value is -2.87. The van der Waals surface area contributed by atoms with Crippen LogP contribution < -0.4 is 10.1 Å². The van der Waals surface area contributed by atoms with E-state index in [1.54, 1.807) is 12.1 Å². The van der Waals surface area contributed by atoms with Gasteiger partial charge in [0.2, 0.25) is 0 Å². The summed E-state index contributed by atoms with van der Waals surface area (Å²) in [6.45, 7) is 3.55. The molecule has 0 aliphatic heterocycles. The number of anilines is 1. The highest BCUT2D eigenvalue weighted by Crippen LogP contribution is 2.28. The van der Waals surface area contributed by atoms with Gasteiger partial charge in [0.1, 0.15) is 5.00 Å². The lowest BCUT2D eigenvalue weighted by atomic mass is 10.3. The number of carbonyl (C=O) groups excluding carboxylic acids is 2. The summed E-state index contributed by atoms with van der Waals surface area (Å²) in [5, 5.41) is 3.15. The molecule has 7 nitrogen and oxygen atoms in total. The van der Waals surface area contributed by atoms with Crippen LogP contribution in [0.15, 0.2) is 30.6 Å². The number of nitrogens with one attached hydrogen (secondary N) is 1. The van der Waals surface area contributed by atoms with Gasteiger partial charge in [0.15, 0.2) is 18.0 Å². The largest absolute Gasteiger partial charge is 0.480 e. The van der Waals surface area contributed by atoms with Crippen LogP contribution in [0.4, 0.5) is 5.00 Å². The summed E-state index contributed by atoms with van der Waals surface area (Å²) in [4.78, 5) is 29.2. The lowest BCUT2D eigenvalue weighted by Gasteiger charge is -2.08. The van der Waals surface area contributed by atoms with Gasteiger partial charge in [0.05, 0.1) is 18.4 Å². The number of amides is 1. The second-order valence-corrected chi connectivity index (χ2v) is 6.67. The van der Waals surface area contributed by atoms with E-state index in [0.29, 0.717) is 22.0 Å². The maximum Gasteiger partial charge on any atom is 0.340 e. The number of pyridine rings is 1. The van der Waals surface area contributed by atoms with Crippen LogP contribution in [-0.2, 0) is 9.53 Å². The van der Waals surface area contributed by atoms with E-state index in [0.717, 1.165) is 10.6 Å². The van der Waals surface area contributed by atoms with Crippen LogP contribution in [-0.4, -0.2) is 35.0 Å². The number of thiophene rings is 1. The van der Waals surface area contributed by atoms with Crippen molar-refractivity contribution in [2.45, 2.75) is 13.8 Å². The first-order valence-corrected chi connectivity index (χ1v) is 8.35. The molecular weight excluding hydrogens is 342 g/mol. The average Bonchev–Trinajstić information content (AvgIpc) is 3.13. The molecule has 3 rings (SSSR count). The van der Waals surface area contributed by atoms with Crippen LogP contribution in [0.2, 0.25) is 0 Å². The Balaban J connectivity index is 1.70. The van der Waals surface area contributed by atoms with Crippen molar-refractivity contribution in [2.75, 3.05) is 19.0 Å². The molecule has 0 unspecified atom stereocenters. The van der Waals surface area contributed by atoms with Gasteiger partial charge in [0.25, 0.3) is 5.91 Å². The Morgan fingerprint density at radius 2 is 2.16 bits per heavy atom. The number of hydrogen-bond acceptors (Lipinski definition) is 6. The molecule has 0 aromatic carbocycles. The van der Waals surface area contributed by atoms with E-state index in [1.165, 1.54) is 18.4 Å². The summed E-state index contributed by atoms with van der Waals surface area (Å²) in [7, 11) is 1.30. The number of ether oxygens (including phenoxy) is 2. The van der Waals surface area contributed by atoms with E-state index >= 15 is 0 Å². The molecule has 0 atom stereocenters. The van der Waals surface area contributed by atoms with Gasteiger partial charge >= 0.3 is 5.97 Å². The quantitative estimate of drug-likeness (QED) is 0.709. The normalized spacial score (nSPS) is 10.7.